The molecule has 0 saturated heterocycles. The van der Waals surface area contributed by atoms with Crippen LogP contribution in [0.25, 0.3) is 0 Å². The van der Waals surface area contributed by atoms with Crippen molar-refractivity contribution in [3.63, 3.8) is 0 Å². The highest BCUT2D eigenvalue weighted by atomic mass is 35.5. The highest BCUT2D eigenvalue weighted by Crippen LogP contribution is 2.33. The zero-order chi connectivity index (χ0) is 14.4. The third kappa shape index (κ3) is 3.63. The molecular formula is C15H16ClN3O. The average Bonchev–Trinajstić information content (AvgIpc) is 2.89. The van der Waals surface area contributed by atoms with Gasteiger partial charge in [0.15, 0.2) is 0 Å². The van der Waals surface area contributed by atoms with Crippen molar-refractivity contribution in [3.05, 3.63) is 28.3 Å². The number of nitriles is 2. The second kappa shape index (κ2) is 7.14. The zero-order valence-electron chi connectivity index (χ0n) is 11.2. The van der Waals surface area contributed by atoms with Crippen LogP contribution in [-0.4, -0.2) is 24.6 Å². The molecule has 0 radical (unpaired) electrons. The highest BCUT2D eigenvalue weighted by Gasteiger charge is 2.19. The number of nitrogens with zero attached hydrogens (tertiary/aromatic N) is 3. The molecule has 0 aromatic heterocycles. The van der Waals surface area contributed by atoms with Gasteiger partial charge >= 0.3 is 0 Å². The number of hydrogen-bond donors (Lipinski definition) is 0. The summed E-state index contributed by atoms with van der Waals surface area (Å²) in [6, 6.07) is 8.15. The first kappa shape index (κ1) is 14.7. The van der Waals surface area contributed by atoms with E-state index >= 15 is 0 Å². The highest BCUT2D eigenvalue weighted by molar-refractivity contribution is 6.30. The molecule has 1 aromatic carbocycles. The van der Waals surface area contributed by atoms with Crippen LogP contribution >= 0.6 is 11.6 Å². The maximum absolute atomic E-state index is 8.72. The van der Waals surface area contributed by atoms with E-state index in [1.54, 1.807) is 0 Å². The van der Waals surface area contributed by atoms with Crippen molar-refractivity contribution in [2.45, 2.75) is 25.8 Å². The van der Waals surface area contributed by atoms with Gasteiger partial charge in [0.05, 0.1) is 18.7 Å². The van der Waals surface area contributed by atoms with E-state index in [1.165, 1.54) is 0 Å². The Balaban J connectivity index is 2.14. The minimum absolute atomic E-state index is 0.453. The number of halogens is 1. The molecule has 0 atom stereocenters. The summed E-state index contributed by atoms with van der Waals surface area (Å²) in [5, 5.41) is 18.1. The van der Waals surface area contributed by atoms with Crippen LogP contribution in [0.4, 0.5) is 0 Å². The number of benzene rings is 1. The van der Waals surface area contributed by atoms with Gasteiger partial charge in [-0.3, -0.25) is 4.90 Å². The Labute approximate surface area is 124 Å². The van der Waals surface area contributed by atoms with Crippen molar-refractivity contribution < 1.29 is 4.74 Å². The molecule has 1 heterocycles. The van der Waals surface area contributed by atoms with Crippen LogP contribution in [0.2, 0.25) is 5.02 Å². The van der Waals surface area contributed by atoms with E-state index in [1.807, 2.05) is 12.1 Å². The first-order valence-corrected chi connectivity index (χ1v) is 7.02. The standard InChI is InChI=1S/C15H16ClN3O/c16-14-9-12-3-8-20-15(12)13(10-14)11-19(6-1-4-17)7-2-5-18/h9-10H,1-3,6-8,11H2. The van der Waals surface area contributed by atoms with Crippen molar-refractivity contribution in [2.24, 2.45) is 0 Å². The van der Waals surface area contributed by atoms with Gasteiger partial charge in [-0.1, -0.05) is 11.6 Å². The third-order valence-corrected chi connectivity index (χ3v) is 3.52. The fraction of sp³-hybridized carbons (Fsp3) is 0.467. The Bertz CT molecular complexity index is 541. The Morgan fingerprint density at radius 3 is 2.55 bits per heavy atom. The molecule has 0 fully saturated rings. The quantitative estimate of drug-likeness (QED) is 0.808. The molecule has 20 heavy (non-hydrogen) atoms. The van der Waals surface area contributed by atoms with Crippen molar-refractivity contribution in [1.29, 1.82) is 10.5 Å². The number of hydrogen-bond acceptors (Lipinski definition) is 4. The molecule has 0 aliphatic carbocycles. The summed E-state index contributed by atoms with van der Waals surface area (Å²) in [5.41, 5.74) is 2.19. The summed E-state index contributed by atoms with van der Waals surface area (Å²) >= 11 is 6.14. The van der Waals surface area contributed by atoms with Crippen molar-refractivity contribution in [3.8, 4) is 17.9 Å². The fourth-order valence-electron chi connectivity index (χ4n) is 2.39. The topological polar surface area (TPSA) is 60.0 Å². The first-order chi connectivity index (χ1) is 9.74. The number of ether oxygens (including phenoxy) is 1. The van der Waals surface area contributed by atoms with Crippen molar-refractivity contribution in [2.75, 3.05) is 19.7 Å². The van der Waals surface area contributed by atoms with Gasteiger partial charge in [0, 0.05) is 49.5 Å². The predicted molar refractivity (Wildman–Crippen MR) is 76.4 cm³/mol. The largest absolute Gasteiger partial charge is 0.493 e. The van der Waals surface area contributed by atoms with Gasteiger partial charge in [-0.15, -0.1) is 0 Å². The molecule has 0 amide bonds. The van der Waals surface area contributed by atoms with Crippen LogP contribution in [0.15, 0.2) is 12.1 Å². The minimum atomic E-state index is 0.453. The number of rotatable bonds is 6. The zero-order valence-corrected chi connectivity index (χ0v) is 12.0. The molecule has 4 nitrogen and oxygen atoms in total. The Morgan fingerprint density at radius 1 is 1.20 bits per heavy atom. The van der Waals surface area contributed by atoms with Crippen LogP contribution in [-0.2, 0) is 13.0 Å². The van der Waals surface area contributed by atoms with Crippen LogP contribution in [0.1, 0.15) is 24.0 Å². The van der Waals surface area contributed by atoms with Gasteiger partial charge in [0.2, 0.25) is 0 Å². The predicted octanol–water partition coefficient (Wildman–Crippen LogP) is 2.90. The maximum Gasteiger partial charge on any atom is 0.127 e. The monoisotopic (exact) mass is 289 g/mol. The first-order valence-electron chi connectivity index (χ1n) is 6.65. The molecule has 1 aliphatic heterocycles. The Hall–Kier alpha value is -1.75. The van der Waals surface area contributed by atoms with E-state index in [-0.39, 0.29) is 0 Å². The minimum Gasteiger partial charge on any atom is -0.493 e. The lowest BCUT2D eigenvalue weighted by Crippen LogP contribution is -2.25. The summed E-state index contributed by atoms with van der Waals surface area (Å²) < 4.78 is 5.68. The summed E-state index contributed by atoms with van der Waals surface area (Å²) in [6.07, 6.45) is 1.80. The van der Waals surface area contributed by atoms with Gasteiger partial charge in [0.25, 0.3) is 0 Å². The van der Waals surface area contributed by atoms with Gasteiger partial charge in [-0.25, -0.2) is 0 Å². The van der Waals surface area contributed by atoms with Crippen LogP contribution in [0.3, 0.4) is 0 Å². The molecule has 2 rings (SSSR count). The molecule has 0 bridgehead atoms. The van der Waals surface area contributed by atoms with Crippen LogP contribution in [0.5, 0.6) is 5.75 Å². The molecule has 0 unspecified atom stereocenters. The van der Waals surface area contributed by atoms with E-state index in [2.05, 4.69) is 17.0 Å². The van der Waals surface area contributed by atoms with Gasteiger partial charge < -0.3 is 4.74 Å². The Morgan fingerprint density at radius 2 is 1.90 bits per heavy atom. The fourth-order valence-corrected chi connectivity index (χ4v) is 2.65. The summed E-state index contributed by atoms with van der Waals surface area (Å²) in [7, 11) is 0. The molecular weight excluding hydrogens is 274 g/mol. The average molecular weight is 290 g/mol. The van der Waals surface area contributed by atoms with Gasteiger partial charge in [-0.2, -0.15) is 10.5 Å². The van der Waals surface area contributed by atoms with Crippen molar-refractivity contribution >= 4 is 11.6 Å². The van der Waals surface area contributed by atoms with E-state index in [0.717, 1.165) is 23.3 Å². The molecule has 5 heteroatoms. The normalized spacial score (nSPS) is 12.6. The molecule has 104 valence electrons. The smallest absolute Gasteiger partial charge is 0.127 e. The lowest BCUT2D eigenvalue weighted by molar-refractivity contribution is 0.270. The lowest BCUT2D eigenvalue weighted by Gasteiger charge is -2.21. The van der Waals surface area contributed by atoms with E-state index in [9.17, 15) is 0 Å². The lowest BCUT2D eigenvalue weighted by atomic mass is 10.1. The number of fused-ring (bicyclic) bond motifs is 1. The maximum atomic E-state index is 8.72. The van der Waals surface area contributed by atoms with Crippen molar-refractivity contribution in [1.82, 2.24) is 4.90 Å². The van der Waals surface area contributed by atoms with Crippen LogP contribution < -0.4 is 4.74 Å². The molecule has 1 aromatic rings. The second-order valence-electron chi connectivity index (χ2n) is 4.74. The summed E-state index contributed by atoms with van der Waals surface area (Å²) in [6.45, 7) is 2.66. The van der Waals surface area contributed by atoms with E-state index in [0.29, 0.717) is 44.1 Å². The van der Waals surface area contributed by atoms with Gasteiger partial charge in [-0.05, 0) is 17.7 Å². The van der Waals surface area contributed by atoms with E-state index < -0.39 is 0 Å². The SMILES string of the molecule is N#CCCN(CCC#N)Cc1cc(Cl)cc2c1OCC2. The summed E-state index contributed by atoms with van der Waals surface area (Å²) in [5.74, 6) is 0.924. The molecule has 0 spiro atoms. The Kier molecular flexibility index (Phi) is 5.24. The van der Waals surface area contributed by atoms with E-state index in [4.69, 9.17) is 26.9 Å². The molecule has 0 N–H and O–H groups in total. The second-order valence-corrected chi connectivity index (χ2v) is 5.18. The van der Waals surface area contributed by atoms with Gasteiger partial charge in [0.1, 0.15) is 5.75 Å². The summed E-state index contributed by atoms with van der Waals surface area (Å²) in [4.78, 5) is 2.10. The third-order valence-electron chi connectivity index (χ3n) is 3.30. The van der Waals surface area contributed by atoms with Crippen LogP contribution in [0, 0.1) is 22.7 Å². The molecule has 1 aliphatic rings. The molecule has 0 saturated carbocycles.